The van der Waals surface area contributed by atoms with Crippen molar-refractivity contribution in [3.8, 4) is 11.6 Å². The van der Waals surface area contributed by atoms with Gasteiger partial charge < -0.3 is 13.5 Å². The van der Waals surface area contributed by atoms with E-state index in [4.69, 9.17) is 8.94 Å². The Bertz CT molecular complexity index is 1070. The van der Waals surface area contributed by atoms with E-state index in [1.807, 2.05) is 11.5 Å². The van der Waals surface area contributed by atoms with E-state index in [1.54, 1.807) is 24.5 Å². The van der Waals surface area contributed by atoms with Crippen molar-refractivity contribution in [3.05, 3.63) is 42.8 Å². The number of sulfone groups is 1. The van der Waals surface area contributed by atoms with Crippen LogP contribution in [0.4, 0.5) is 0 Å². The Kier molecular flexibility index (Phi) is 5.11. The third-order valence-electron chi connectivity index (χ3n) is 4.47. The molecule has 2 atom stereocenters. The lowest BCUT2D eigenvalue weighted by Crippen LogP contribution is -2.11. The van der Waals surface area contributed by atoms with Gasteiger partial charge in [-0.25, -0.2) is 8.42 Å². The predicted octanol–water partition coefficient (Wildman–Crippen LogP) is 2.86. The van der Waals surface area contributed by atoms with E-state index in [-0.39, 0.29) is 22.7 Å². The molecule has 0 aromatic carbocycles. The molecule has 0 unspecified atom stereocenters. The average molecular weight is 422 g/mol. The van der Waals surface area contributed by atoms with E-state index >= 15 is 0 Å². The predicted molar refractivity (Wildman–Crippen MR) is 103 cm³/mol. The molecule has 28 heavy (non-hydrogen) atoms. The van der Waals surface area contributed by atoms with Gasteiger partial charge in [0.15, 0.2) is 20.8 Å². The third-order valence-corrected chi connectivity index (χ3v) is 7.30. The van der Waals surface area contributed by atoms with Crippen LogP contribution in [0, 0.1) is 0 Å². The van der Waals surface area contributed by atoms with Crippen LogP contribution in [0.1, 0.15) is 36.2 Å². The first-order valence-corrected chi connectivity index (χ1v) is 11.5. The average Bonchev–Trinajstić information content (AvgIpc) is 3.41. The molecule has 0 N–H and O–H groups in total. The number of aromatic nitrogens is 5. The highest BCUT2D eigenvalue weighted by atomic mass is 32.2. The maximum absolute atomic E-state index is 11.8. The van der Waals surface area contributed by atoms with Gasteiger partial charge in [0.1, 0.15) is 5.82 Å². The van der Waals surface area contributed by atoms with Crippen molar-refractivity contribution in [2.45, 2.75) is 36.2 Å². The zero-order valence-corrected chi connectivity index (χ0v) is 16.8. The zero-order chi connectivity index (χ0) is 19.7. The molecule has 0 aliphatic carbocycles. The first kappa shape index (κ1) is 18.9. The topological polar surface area (TPSA) is 117 Å². The zero-order valence-electron chi connectivity index (χ0n) is 15.2. The number of hydrogen-bond donors (Lipinski definition) is 0. The van der Waals surface area contributed by atoms with Gasteiger partial charge in [-0.05, 0) is 25.5 Å². The summed E-state index contributed by atoms with van der Waals surface area (Å²) in [5.41, 5.74) is 0. The standard InChI is InChI=1S/C17H19N5O4S2/c1-3-7-22-15(12-6-9-28(23,24)10-12)19-20-17(22)27-11(2)16-18-14(21-26-16)13-5-4-8-25-13/h3-5,8,11-12H,1,6-7,9-10H2,2H3/t11-,12-/m1/s1. The molecule has 4 rings (SSSR count). The van der Waals surface area contributed by atoms with Crippen LogP contribution in [-0.2, 0) is 16.4 Å². The van der Waals surface area contributed by atoms with Crippen LogP contribution in [0.15, 0.2) is 45.1 Å². The molecule has 1 aliphatic heterocycles. The van der Waals surface area contributed by atoms with Gasteiger partial charge in [-0.1, -0.05) is 23.0 Å². The summed E-state index contributed by atoms with van der Waals surface area (Å²) in [6.45, 7) is 6.21. The van der Waals surface area contributed by atoms with E-state index in [0.29, 0.717) is 41.4 Å². The van der Waals surface area contributed by atoms with Gasteiger partial charge in [-0.2, -0.15) is 4.98 Å². The van der Waals surface area contributed by atoms with Crippen LogP contribution in [0.2, 0.25) is 0 Å². The van der Waals surface area contributed by atoms with Crippen LogP contribution < -0.4 is 0 Å². The van der Waals surface area contributed by atoms with E-state index in [1.165, 1.54) is 11.8 Å². The van der Waals surface area contributed by atoms with Crippen LogP contribution in [0.5, 0.6) is 0 Å². The maximum Gasteiger partial charge on any atom is 0.240 e. The molecule has 0 spiro atoms. The van der Waals surface area contributed by atoms with Crippen LogP contribution >= 0.6 is 11.8 Å². The second kappa shape index (κ2) is 7.55. The molecule has 148 valence electrons. The van der Waals surface area contributed by atoms with Crippen molar-refractivity contribution < 1.29 is 17.4 Å². The molecular weight excluding hydrogens is 402 g/mol. The highest BCUT2D eigenvalue weighted by molar-refractivity contribution is 7.99. The minimum atomic E-state index is -3.01. The molecule has 0 bridgehead atoms. The number of furan rings is 1. The molecule has 1 aliphatic rings. The number of nitrogens with zero attached hydrogens (tertiary/aromatic N) is 5. The molecule has 1 fully saturated rings. The van der Waals surface area contributed by atoms with Gasteiger partial charge in [0.25, 0.3) is 0 Å². The molecule has 0 saturated carbocycles. The fourth-order valence-electron chi connectivity index (χ4n) is 3.10. The number of allylic oxidation sites excluding steroid dienone is 1. The highest BCUT2D eigenvalue weighted by Crippen LogP contribution is 2.36. The monoisotopic (exact) mass is 421 g/mol. The van der Waals surface area contributed by atoms with Gasteiger partial charge in [-0.15, -0.1) is 16.8 Å². The van der Waals surface area contributed by atoms with Crippen LogP contribution in [0.3, 0.4) is 0 Å². The fourth-order valence-corrected chi connectivity index (χ4v) is 5.74. The van der Waals surface area contributed by atoms with Crippen LogP contribution in [0.25, 0.3) is 11.6 Å². The van der Waals surface area contributed by atoms with Crippen molar-refractivity contribution in [3.63, 3.8) is 0 Å². The lowest BCUT2D eigenvalue weighted by molar-refractivity contribution is 0.379. The molecule has 0 radical (unpaired) electrons. The largest absolute Gasteiger partial charge is 0.461 e. The van der Waals surface area contributed by atoms with Gasteiger partial charge in [-0.3, -0.25) is 0 Å². The van der Waals surface area contributed by atoms with E-state index in [0.717, 1.165) is 0 Å². The normalized spacial score (nSPS) is 19.7. The summed E-state index contributed by atoms with van der Waals surface area (Å²) in [7, 11) is -3.01. The summed E-state index contributed by atoms with van der Waals surface area (Å²) in [5.74, 6) is 2.19. The van der Waals surface area contributed by atoms with Gasteiger partial charge in [0, 0.05) is 12.5 Å². The minimum Gasteiger partial charge on any atom is -0.461 e. The number of rotatable bonds is 7. The van der Waals surface area contributed by atoms with Crippen molar-refractivity contribution in [1.82, 2.24) is 24.9 Å². The summed E-state index contributed by atoms with van der Waals surface area (Å²) >= 11 is 1.42. The quantitative estimate of drug-likeness (QED) is 0.419. The molecular formula is C17H19N5O4S2. The minimum absolute atomic E-state index is 0.110. The third kappa shape index (κ3) is 3.76. The maximum atomic E-state index is 11.8. The Morgan fingerprint density at radius 3 is 3.00 bits per heavy atom. The number of thioether (sulfide) groups is 1. The number of hydrogen-bond acceptors (Lipinski definition) is 9. The van der Waals surface area contributed by atoms with Crippen molar-refractivity contribution in [2.75, 3.05) is 11.5 Å². The molecule has 0 amide bonds. The Morgan fingerprint density at radius 2 is 2.32 bits per heavy atom. The Hall–Kier alpha value is -2.40. The van der Waals surface area contributed by atoms with Crippen molar-refractivity contribution >= 4 is 21.6 Å². The summed E-state index contributed by atoms with van der Waals surface area (Å²) in [6, 6.07) is 3.52. The molecule has 1 saturated heterocycles. The first-order chi connectivity index (χ1) is 13.5. The van der Waals surface area contributed by atoms with Gasteiger partial charge in [0.2, 0.25) is 11.7 Å². The lowest BCUT2D eigenvalue weighted by atomic mass is 10.1. The smallest absolute Gasteiger partial charge is 0.240 e. The summed E-state index contributed by atoms with van der Waals surface area (Å²) in [4.78, 5) is 4.38. The summed E-state index contributed by atoms with van der Waals surface area (Å²) in [6.07, 6.45) is 3.85. The summed E-state index contributed by atoms with van der Waals surface area (Å²) < 4.78 is 36.2. The Morgan fingerprint density at radius 1 is 1.46 bits per heavy atom. The Labute approximate surface area is 166 Å². The SMILES string of the molecule is C=CCn1c(S[C@H](C)c2nc(-c3ccco3)no2)nnc1[C@@H]1CCS(=O)(=O)C1. The van der Waals surface area contributed by atoms with E-state index < -0.39 is 9.84 Å². The summed E-state index contributed by atoms with van der Waals surface area (Å²) in [5, 5.41) is 13.0. The van der Waals surface area contributed by atoms with Gasteiger partial charge in [0.05, 0.1) is 23.0 Å². The first-order valence-electron chi connectivity index (χ1n) is 8.75. The second-order valence-electron chi connectivity index (χ2n) is 6.53. The van der Waals surface area contributed by atoms with Crippen molar-refractivity contribution in [1.29, 1.82) is 0 Å². The van der Waals surface area contributed by atoms with E-state index in [2.05, 4.69) is 26.9 Å². The lowest BCUT2D eigenvalue weighted by Gasteiger charge is -2.12. The Balaban J connectivity index is 1.55. The van der Waals surface area contributed by atoms with Crippen LogP contribution in [-0.4, -0.2) is 44.8 Å². The highest BCUT2D eigenvalue weighted by Gasteiger charge is 2.33. The molecule has 3 aromatic heterocycles. The molecule has 11 heteroatoms. The molecule has 3 aromatic rings. The molecule has 9 nitrogen and oxygen atoms in total. The van der Waals surface area contributed by atoms with Crippen molar-refractivity contribution in [2.24, 2.45) is 0 Å². The fraction of sp³-hybridized carbons (Fsp3) is 0.412. The van der Waals surface area contributed by atoms with Gasteiger partial charge >= 0.3 is 0 Å². The molecule has 4 heterocycles. The second-order valence-corrected chi connectivity index (χ2v) is 10.1. The van der Waals surface area contributed by atoms with E-state index in [9.17, 15) is 8.42 Å².